The number of carbonyl (C=O) groups is 2. The third-order valence-corrected chi connectivity index (χ3v) is 3.19. The molecular weight excluding hydrogens is 308 g/mol. The third-order valence-electron chi connectivity index (χ3n) is 3.19. The lowest BCUT2D eigenvalue weighted by atomic mass is 10.1. The first-order chi connectivity index (χ1) is 11.5. The summed E-state index contributed by atoms with van der Waals surface area (Å²) >= 11 is 0. The SMILES string of the molecule is COc1ccccc1NC(=O)C(C#N)=Cc1ccc(C(=O)O)cc1. The minimum absolute atomic E-state index is 0.107. The monoisotopic (exact) mass is 322 g/mol. The van der Waals surface area contributed by atoms with Crippen LogP contribution in [0.4, 0.5) is 5.69 Å². The predicted molar refractivity (Wildman–Crippen MR) is 88.6 cm³/mol. The predicted octanol–water partition coefficient (Wildman–Crippen LogP) is 2.94. The Balaban J connectivity index is 2.22. The highest BCUT2D eigenvalue weighted by molar-refractivity contribution is 6.10. The van der Waals surface area contributed by atoms with Gasteiger partial charge in [-0.05, 0) is 35.9 Å². The molecule has 0 aromatic heterocycles. The molecule has 0 bridgehead atoms. The van der Waals surface area contributed by atoms with Gasteiger partial charge in [-0.15, -0.1) is 0 Å². The van der Waals surface area contributed by atoms with E-state index in [0.29, 0.717) is 17.0 Å². The summed E-state index contributed by atoms with van der Waals surface area (Å²) < 4.78 is 5.14. The van der Waals surface area contributed by atoms with Crippen LogP contribution in [-0.2, 0) is 4.79 Å². The molecule has 6 nitrogen and oxygen atoms in total. The highest BCUT2D eigenvalue weighted by Gasteiger charge is 2.12. The molecule has 0 atom stereocenters. The van der Waals surface area contributed by atoms with Gasteiger partial charge in [-0.25, -0.2) is 4.79 Å². The molecule has 0 fully saturated rings. The number of hydrogen-bond donors (Lipinski definition) is 2. The van der Waals surface area contributed by atoms with Crippen molar-refractivity contribution in [3.05, 3.63) is 65.2 Å². The quantitative estimate of drug-likeness (QED) is 0.651. The molecule has 0 aliphatic heterocycles. The van der Waals surface area contributed by atoms with Gasteiger partial charge in [0.2, 0.25) is 0 Å². The van der Waals surface area contributed by atoms with Crippen LogP contribution in [0.15, 0.2) is 54.1 Å². The zero-order valence-electron chi connectivity index (χ0n) is 12.8. The van der Waals surface area contributed by atoms with Crippen molar-refractivity contribution in [2.75, 3.05) is 12.4 Å². The van der Waals surface area contributed by atoms with Crippen LogP contribution in [0, 0.1) is 11.3 Å². The fourth-order valence-corrected chi connectivity index (χ4v) is 1.97. The number of ether oxygens (including phenoxy) is 1. The van der Waals surface area contributed by atoms with Crippen molar-refractivity contribution >= 4 is 23.6 Å². The number of carboxylic acids is 1. The van der Waals surface area contributed by atoms with E-state index in [9.17, 15) is 14.9 Å². The minimum atomic E-state index is -1.04. The highest BCUT2D eigenvalue weighted by atomic mass is 16.5. The molecule has 0 aliphatic rings. The van der Waals surface area contributed by atoms with Gasteiger partial charge in [-0.3, -0.25) is 4.79 Å². The van der Waals surface area contributed by atoms with Crippen LogP contribution < -0.4 is 10.1 Å². The van der Waals surface area contributed by atoms with E-state index in [1.54, 1.807) is 24.3 Å². The summed E-state index contributed by atoms with van der Waals surface area (Å²) in [5, 5.41) is 20.7. The molecule has 24 heavy (non-hydrogen) atoms. The Hall–Kier alpha value is -3.59. The van der Waals surface area contributed by atoms with Gasteiger partial charge in [-0.1, -0.05) is 24.3 Å². The average molecular weight is 322 g/mol. The van der Waals surface area contributed by atoms with Crippen LogP contribution in [0.3, 0.4) is 0 Å². The van der Waals surface area contributed by atoms with Gasteiger partial charge in [0.15, 0.2) is 0 Å². The number of methoxy groups -OCH3 is 1. The summed E-state index contributed by atoms with van der Waals surface area (Å²) in [6.45, 7) is 0. The van der Waals surface area contributed by atoms with Crippen molar-refractivity contribution in [3.8, 4) is 11.8 Å². The summed E-state index contributed by atoms with van der Waals surface area (Å²) in [7, 11) is 1.48. The van der Waals surface area contributed by atoms with Crippen molar-refractivity contribution in [1.82, 2.24) is 0 Å². The van der Waals surface area contributed by atoms with Crippen LogP contribution in [0.25, 0.3) is 6.08 Å². The zero-order valence-corrected chi connectivity index (χ0v) is 12.8. The molecule has 0 heterocycles. The molecule has 0 aliphatic carbocycles. The van der Waals surface area contributed by atoms with E-state index in [2.05, 4.69) is 5.32 Å². The van der Waals surface area contributed by atoms with E-state index < -0.39 is 11.9 Å². The van der Waals surface area contributed by atoms with E-state index in [0.717, 1.165) is 0 Å². The number of rotatable bonds is 5. The number of hydrogen-bond acceptors (Lipinski definition) is 4. The number of anilines is 1. The van der Waals surface area contributed by atoms with Gasteiger partial charge in [0.1, 0.15) is 17.4 Å². The summed E-state index contributed by atoms with van der Waals surface area (Å²) in [5.74, 6) is -1.14. The van der Waals surface area contributed by atoms with Crippen molar-refractivity contribution in [2.45, 2.75) is 0 Å². The lowest BCUT2D eigenvalue weighted by Crippen LogP contribution is -2.14. The van der Waals surface area contributed by atoms with Crippen LogP contribution in [0.1, 0.15) is 15.9 Å². The lowest BCUT2D eigenvalue weighted by molar-refractivity contribution is -0.112. The Morgan fingerprint density at radius 1 is 1.17 bits per heavy atom. The Morgan fingerprint density at radius 2 is 1.83 bits per heavy atom. The van der Waals surface area contributed by atoms with Crippen molar-refractivity contribution in [3.63, 3.8) is 0 Å². The zero-order chi connectivity index (χ0) is 17.5. The normalized spacial score (nSPS) is 10.6. The molecule has 0 unspecified atom stereocenters. The van der Waals surface area contributed by atoms with Gasteiger partial charge < -0.3 is 15.2 Å². The average Bonchev–Trinajstić information content (AvgIpc) is 2.60. The first-order valence-electron chi connectivity index (χ1n) is 6.94. The number of nitriles is 1. The molecule has 2 aromatic rings. The summed E-state index contributed by atoms with van der Waals surface area (Å²) in [4.78, 5) is 23.1. The maximum Gasteiger partial charge on any atom is 0.335 e. The molecule has 0 spiro atoms. The number of benzene rings is 2. The van der Waals surface area contributed by atoms with Gasteiger partial charge in [0.25, 0.3) is 5.91 Å². The smallest absolute Gasteiger partial charge is 0.335 e. The first-order valence-corrected chi connectivity index (χ1v) is 6.94. The topological polar surface area (TPSA) is 99.4 Å². The largest absolute Gasteiger partial charge is 0.495 e. The first kappa shape index (κ1) is 16.8. The second kappa shape index (κ2) is 7.61. The molecule has 1 amide bonds. The Morgan fingerprint density at radius 3 is 2.42 bits per heavy atom. The Labute approximate surface area is 138 Å². The molecule has 120 valence electrons. The summed E-state index contributed by atoms with van der Waals surface area (Å²) in [6, 6.07) is 14.5. The number of carboxylic acid groups (broad SMARTS) is 1. The standard InChI is InChI=1S/C18H14N2O4/c1-24-16-5-3-2-4-15(16)20-17(21)14(11-19)10-12-6-8-13(9-7-12)18(22)23/h2-10H,1H3,(H,20,21)(H,22,23). The Bertz CT molecular complexity index is 833. The molecule has 2 aromatic carbocycles. The number of aromatic carboxylic acids is 1. The van der Waals surface area contributed by atoms with E-state index in [4.69, 9.17) is 9.84 Å². The third kappa shape index (κ3) is 3.99. The molecule has 6 heteroatoms. The Kier molecular flexibility index (Phi) is 5.32. The van der Waals surface area contributed by atoms with Crippen LogP contribution in [-0.4, -0.2) is 24.1 Å². The number of nitrogens with zero attached hydrogens (tertiary/aromatic N) is 1. The summed E-state index contributed by atoms with van der Waals surface area (Å²) in [6.07, 6.45) is 1.39. The highest BCUT2D eigenvalue weighted by Crippen LogP contribution is 2.23. The number of para-hydroxylation sites is 2. The number of nitrogens with one attached hydrogen (secondary N) is 1. The van der Waals surface area contributed by atoms with Crippen LogP contribution >= 0.6 is 0 Å². The maximum atomic E-state index is 12.2. The van der Waals surface area contributed by atoms with Crippen molar-refractivity contribution in [1.29, 1.82) is 5.26 Å². The van der Waals surface area contributed by atoms with Gasteiger partial charge in [-0.2, -0.15) is 5.26 Å². The van der Waals surface area contributed by atoms with E-state index in [1.165, 1.54) is 37.5 Å². The minimum Gasteiger partial charge on any atom is -0.495 e. The van der Waals surface area contributed by atoms with Crippen LogP contribution in [0.2, 0.25) is 0 Å². The van der Waals surface area contributed by atoms with E-state index in [-0.39, 0.29) is 11.1 Å². The molecule has 2 rings (SSSR count). The molecule has 0 saturated carbocycles. The second-order valence-electron chi connectivity index (χ2n) is 4.75. The van der Waals surface area contributed by atoms with Crippen molar-refractivity contribution < 1.29 is 19.4 Å². The molecule has 0 radical (unpaired) electrons. The lowest BCUT2D eigenvalue weighted by Gasteiger charge is -2.09. The number of carbonyl (C=O) groups excluding carboxylic acids is 1. The maximum absolute atomic E-state index is 12.2. The van der Waals surface area contributed by atoms with E-state index in [1.807, 2.05) is 6.07 Å². The van der Waals surface area contributed by atoms with Gasteiger partial charge >= 0.3 is 5.97 Å². The molecule has 0 saturated heterocycles. The fraction of sp³-hybridized carbons (Fsp3) is 0.0556. The van der Waals surface area contributed by atoms with Crippen LogP contribution in [0.5, 0.6) is 5.75 Å². The van der Waals surface area contributed by atoms with E-state index >= 15 is 0 Å². The van der Waals surface area contributed by atoms with Crippen molar-refractivity contribution in [2.24, 2.45) is 0 Å². The summed E-state index contributed by atoms with van der Waals surface area (Å²) in [5.41, 5.74) is 1.02. The fourth-order valence-electron chi connectivity index (χ4n) is 1.97. The molecular formula is C18H14N2O4. The molecule has 2 N–H and O–H groups in total. The second-order valence-corrected chi connectivity index (χ2v) is 4.75. The van der Waals surface area contributed by atoms with Gasteiger partial charge in [0.05, 0.1) is 18.4 Å². The number of amides is 1. The van der Waals surface area contributed by atoms with Gasteiger partial charge in [0, 0.05) is 0 Å².